The SMILES string of the molecule is CCCCOc1ccc([C@]2(C)CC(c3ncc(N(C)C)s3)=C(c3nn[nH]n3)C(=O)N2)cc1. The van der Waals surface area contributed by atoms with Gasteiger partial charge in [-0.15, -0.1) is 10.2 Å². The topological polar surface area (TPSA) is 109 Å². The number of hydrogen-bond donors (Lipinski definition) is 2. The van der Waals surface area contributed by atoms with Crippen molar-refractivity contribution in [3.63, 3.8) is 0 Å². The highest BCUT2D eigenvalue weighted by atomic mass is 32.1. The van der Waals surface area contributed by atoms with E-state index in [0.29, 0.717) is 18.6 Å². The molecule has 1 amide bonds. The number of thiazole rings is 1. The van der Waals surface area contributed by atoms with Crippen LogP contribution in [0.25, 0.3) is 11.1 Å². The predicted molar refractivity (Wildman–Crippen MR) is 124 cm³/mol. The second-order valence-electron chi connectivity index (χ2n) is 8.18. The molecule has 0 radical (unpaired) electrons. The number of aromatic amines is 1. The zero-order chi connectivity index (χ0) is 22.7. The summed E-state index contributed by atoms with van der Waals surface area (Å²) in [6.07, 6.45) is 4.46. The van der Waals surface area contributed by atoms with Crippen LogP contribution < -0.4 is 15.0 Å². The second-order valence-corrected chi connectivity index (χ2v) is 9.19. The molecule has 3 aromatic rings. The molecule has 0 spiro atoms. The molecule has 0 saturated heterocycles. The number of tetrazole rings is 1. The summed E-state index contributed by atoms with van der Waals surface area (Å²) in [5.74, 6) is 0.840. The fraction of sp³-hybridized carbons (Fsp3) is 0.409. The van der Waals surface area contributed by atoms with Crippen LogP contribution in [0.5, 0.6) is 5.75 Å². The standard InChI is InChI=1S/C22H27N7O2S/c1-5-6-11-31-15-9-7-14(8-10-15)22(2)12-16(21-23-13-17(32-21)29(3)4)18(20(30)24-22)19-25-27-28-26-19/h7-10,13H,5-6,11-12H2,1-4H3,(H,24,30)(H,25,26,27,28)/t22-/m0/s1. The van der Waals surface area contributed by atoms with E-state index in [4.69, 9.17) is 4.74 Å². The number of amides is 1. The summed E-state index contributed by atoms with van der Waals surface area (Å²) in [6.45, 7) is 4.85. The van der Waals surface area contributed by atoms with Gasteiger partial charge in [0.2, 0.25) is 5.82 Å². The first kappa shape index (κ1) is 21.9. The maximum atomic E-state index is 13.3. The summed E-state index contributed by atoms with van der Waals surface area (Å²) < 4.78 is 5.79. The number of carbonyl (C=O) groups is 1. The monoisotopic (exact) mass is 453 g/mol. The first-order valence-corrected chi connectivity index (χ1v) is 11.4. The minimum atomic E-state index is -0.619. The van der Waals surface area contributed by atoms with E-state index in [1.54, 1.807) is 0 Å². The molecule has 0 aliphatic carbocycles. The van der Waals surface area contributed by atoms with Gasteiger partial charge in [-0.3, -0.25) is 4.79 Å². The zero-order valence-corrected chi connectivity index (χ0v) is 19.5. The largest absolute Gasteiger partial charge is 0.494 e. The minimum Gasteiger partial charge on any atom is -0.494 e. The summed E-state index contributed by atoms with van der Waals surface area (Å²) in [4.78, 5) is 19.9. The fourth-order valence-electron chi connectivity index (χ4n) is 3.66. The Balaban J connectivity index is 1.70. The fourth-order valence-corrected chi connectivity index (χ4v) is 4.55. The van der Waals surface area contributed by atoms with Crippen LogP contribution in [0.3, 0.4) is 0 Å². The third-order valence-corrected chi connectivity index (χ3v) is 6.69. The molecule has 2 N–H and O–H groups in total. The highest BCUT2D eigenvalue weighted by molar-refractivity contribution is 7.16. The van der Waals surface area contributed by atoms with Crippen LogP contribution in [-0.2, 0) is 10.3 Å². The number of nitrogens with one attached hydrogen (secondary N) is 2. The number of carbonyl (C=O) groups excluding carboxylic acids is 1. The number of anilines is 1. The van der Waals surface area contributed by atoms with Gasteiger partial charge in [0.25, 0.3) is 5.91 Å². The van der Waals surface area contributed by atoms with Crippen molar-refractivity contribution in [2.24, 2.45) is 0 Å². The molecule has 0 saturated carbocycles. The molecule has 9 nitrogen and oxygen atoms in total. The Morgan fingerprint density at radius 1 is 1.25 bits per heavy atom. The van der Waals surface area contributed by atoms with Crippen molar-refractivity contribution in [2.45, 2.75) is 38.6 Å². The first-order chi connectivity index (χ1) is 15.4. The number of benzene rings is 1. The van der Waals surface area contributed by atoms with Gasteiger partial charge in [-0.2, -0.15) is 5.21 Å². The maximum absolute atomic E-state index is 13.3. The van der Waals surface area contributed by atoms with Crippen LogP contribution in [0.2, 0.25) is 0 Å². The van der Waals surface area contributed by atoms with Gasteiger partial charge in [0.05, 0.1) is 23.9 Å². The van der Waals surface area contributed by atoms with Crippen molar-refractivity contribution in [1.82, 2.24) is 30.9 Å². The number of hydrogen-bond acceptors (Lipinski definition) is 8. The number of ether oxygens (including phenoxy) is 1. The minimum absolute atomic E-state index is 0.250. The molecule has 3 heterocycles. The maximum Gasteiger partial charge on any atom is 0.256 e. The predicted octanol–water partition coefficient (Wildman–Crippen LogP) is 3.25. The number of nitrogens with zero attached hydrogens (tertiary/aromatic N) is 5. The summed E-state index contributed by atoms with van der Waals surface area (Å²) in [5, 5.41) is 19.1. The van der Waals surface area contributed by atoms with Crippen molar-refractivity contribution in [3.05, 3.63) is 46.9 Å². The lowest BCUT2D eigenvalue weighted by Crippen LogP contribution is -2.47. The molecule has 1 aliphatic heterocycles. The quantitative estimate of drug-likeness (QED) is 0.504. The molecule has 1 aromatic carbocycles. The molecule has 168 valence electrons. The van der Waals surface area contributed by atoms with E-state index in [1.807, 2.05) is 56.4 Å². The van der Waals surface area contributed by atoms with Gasteiger partial charge in [0, 0.05) is 26.1 Å². The van der Waals surface area contributed by atoms with Crippen LogP contribution in [0.1, 0.15) is 49.5 Å². The molecule has 1 atom stereocenters. The van der Waals surface area contributed by atoms with Crippen LogP contribution in [0, 0.1) is 0 Å². The van der Waals surface area contributed by atoms with Crippen molar-refractivity contribution in [2.75, 3.05) is 25.6 Å². The summed E-state index contributed by atoms with van der Waals surface area (Å²) in [5.41, 5.74) is 1.57. The van der Waals surface area contributed by atoms with E-state index in [1.165, 1.54) is 11.3 Å². The van der Waals surface area contributed by atoms with Crippen molar-refractivity contribution >= 4 is 33.4 Å². The van der Waals surface area contributed by atoms with Crippen LogP contribution in [0.4, 0.5) is 5.00 Å². The second kappa shape index (κ2) is 9.07. The molecular formula is C22H27N7O2S. The van der Waals surface area contributed by atoms with Gasteiger partial charge in [-0.25, -0.2) is 4.98 Å². The van der Waals surface area contributed by atoms with Crippen LogP contribution in [-0.4, -0.2) is 52.2 Å². The van der Waals surface area contributed by atoms with Crippen molar-refractivity contribution in [3.8, 4) is 5.75 Å². The number of unbranched alkanes of at least 4 members (excludes halogenated alkanes) is 1. The van der Waals surface area contributed by atoms with E-state index in [-0.39, 0.29) is 11.7 Å². The molecule has 4 rings (SSSR count). The molecule has 1 aliphatic rings. The highest BCUT2D eigenvalue weighted by Gasteiger charge is 2.40. The van der Waals surface area contributed by atoms with Gasteiger partial charge in [0.1, 0.15) is 15.8 Å². The smallest absolute Gasteiger partial charge is 0.256 e. The Labute approximate surface area is 190 Å². The molecule has 0 bridgehead atoms. The lowest BCUT2D eigenvalue weighted by molar-refractivity contribution is -0.117. The van der Waals surface area contributed by atoms with Gasteiger partial charge < -0.3 is 15.0 Å². The first-order valence-electron chi connectivity index (χ1n) is 10.6. The normalized spacial score (nSPS) is 18.6. The Bertz CT molecular complexity index is 1110. The zero-order valence-electron chi connectivity index (χ0n) is 18.7. The van der Waals surface area contributed by atoms with Crippen molar-refractivity contribution < 1.29 is 9.53 Å². The molecule has 10 heteroatoms. The molecule has 2 aromatic heterocycles. The molecule has 0 fully saturated rings. The van der Waals surface area contributed by atoms with E-state index in [9.17, 15) is 4.79 Å². The van der Waals surface area contributed by atoms with E-state index >= 15 is 0 Å². The third kappa shape index (κ3) is 4.36. The lowest BCUT2D eigenvalue weighted by Gasteiger charge is -2.36. The summed E-state index contributed by atoms with van der Waals surface area (Å²) in [7, 11) is 3.93. The van der Waals surface area contributed by atoms with Crippen LogP contribution in [0.15, 0.2) is 30.5 Å². The van der Waals surface area contributed by atoms with Gasteiger partial charge in [-0.1, -0.05) is 36.8 Å². The van der Waals surface area contributed by atoms with Crippen molar-refractivity contribution in [1.29, 1.82) is 0 Å². The Morgan fingerprint density at radius 2 is 2.03 bits per heavy atom. The average Bonchev–Trinajstić information content (AvgIpc) is 3.46. The van der Waals surface area contributed by atoms with E-state index in [0.717, 1.165) is 39.7 Å². The van der Waals surface area contributed by atoms with Gasteiger partial charge in [-0.05, 0) is 36.3 Å². The summed E-state index contributed by atoms with van der Waals surface area (Å²) in [6, 6.07) is 7.92. The van der Waals surface area contributed by atoms with Gasteiger partial charge in [0.15, 0.2) is 0 Å². The molecule has 0 unspecified atom stereocenters. The van der Waals surface area contributed by atoms with E-state index in [2.05, 4.69) is 37.8 Å². The highest BCUT2D eigenvalue weighted by Crippen LogP contribution is 2.42. The number of rotatable bonds is 8. The summed E-state index contributed by atoms with van der Waals surface area (Å²) >= 11 is 1.53. The van der Waals surface area contributed by atoms with E-state index < -0.39 is 5.54 Å². The third-order valence-electron chi connectivity index (χ3n) is 5.47. The number of aromatic nitrogens is 5. The van der Waals surface area contributed by atoms with Crippen LogP contribution >= 0.6 is 11.3 Å². The number of H-pyrrole nitrogens is 1. The Kier molecular flexibility index (Phi) is 6.22. The average molecular weight is 454 g/mol. The lowest BCUT2D eigenvalue weighted by atomic mass is 9.80. The Morgan fingerprint density at radius 3 is 2.66 bits per heavy atom. The Hall–Kier alpha value is -3.27. The molecular weight excluding hydrogens is 426 g/mol. The van der Waals surface area contributed by atoms with Gasteiger partial charge >= 0.3 is 0 Å². The molecule has 32 heavy (non-hydrogen) atoms.